The number of halogens is 2. The predicted octanol–water partition coefficient (Wildman–Crippen LogP) is 3.98. The zero-order valence-corrected chi connectivity index (χ0v) is 15.9. The van der Waals surface area contributed by atoms with Crippen molar-refractivity contribution >= 4 is 33.2 Å². The third-order valence-electron chi connectivity index (χ3n) is 3.84. The molecular weight excluding hydrogens is 385 g/mol. The van der Waals surface area contributed by atoms with Crippen molar-refractivity contribution in [2.24, 2.45) is 0 Å². The topological polar surface area (TPSA) is 55.8 Å². The zero-order chi connectivity index (χ0) is 18.0. The van der Waals surface area contributed by atoms with Crippen molar-refractivity contribution in [1.29, 1.82) is 0 Å². The fourth-order valence-corrected chi connectivity index (χ4v) is 5.14. The number of ether oxygens (including phenoxy) is 2. The maximum absolute atomic E-state index is 13.0. The van der Waals surface area contributed by atoms with Crippen LogP contribution in [0.1, 0.15) is 12.5 Å². The first-order valence-corrected chi connectivity index (χ1v) is 9.95. The van der Waals surface area contributed by atoms with E-state index in [1.54, 1.807) is 25.1 Å². The first kappa shape index (κ1) is 18.3. The lowest BCUT2D eigenvalue weighted by Crippen LogP contribution is -2.31. The molecule has 8 heteroatoms. The second kappa shape index (κ2) is 7.41. The lowest BCUT2D eigenvalue weighted by molar-refractivity contribution is 0.171. The van der Waals surface area contributed by atoms with Gasteiger partial charge in [0.05, 0.1) is 10.0 Å². The number of rotatable bonds is 5. The van der Waals surface area contributed by atoms with Crippen LogP contribution in [0.4, 0.5) is 0 Å². The monoisotopic (exact) mass is 401 g/mol. The summed E-state index contributed by atoms with van der Waals surface area (Å²) < 4.78 is 38.4. The summed E-state index contributed by atoms with van der Waals surface area (Å²) in [5.41, 5.74) is 0.790. The van der Waals surface area contributed by atoms with Gasteiger partial charge >= 0.3 is 0 Å². The SMILES string of the molecule is CCN(Cc1ccc2c(c1)OCCO2)S(=O)(=O)c1c(Cl)cccc1Cl. The zero-order valence-electron chi connectivity index (χ0n) is 13.5. The Balaban J connectivity index is 1.92. The second-order valence-corrected chi connectivity index (χ2v) is 8.15. The summed E-state index contributed by atoms with van der Waals surface area (Å²) in [6.07, 6.45) is 0. The van der Waals surface area contributed by atoms with Crippen molar-refractivity contribution < 1.29 is 17.9 Å². The molecule has 0 fully saturated rings. The molecule has 0 N–H and O–H groups in total. The van der Waals surface area contributed by atoms with E-state index in [2.05, 4.69) is 0 Å². The van der Waals surface area contributed by atoms with Crippen molar-refractivity contribution in [2.75, 3.05) is 19.8 Å². The van der Waals surface area contributed by atoms with E-state index in [4.69, 9.17) is 32.7 Å². The molecule has 0 saturated carbocycles. The van der Waals surface area contributed by atoms with Crippen molar-refractivity contribution in [3.05, 3.63) is 52.0 Å². The Labute approximate surface area is 157 Å². The van der Waals surface area contributed by atoms with Crippen LogP contribution in [-0.4, -0.2) is 32.5 Å². The Kier molecular flexibility index (Phi) is 5.43. The van der Waals surface area contributed by atoms with Crippen LogP contribution in [0.25, 0.3) is 0 Å². The summed E-state index contributed by atoms with van der Waals surface area (Å²) in [7, 11) is -3.83. The summed E-state index contributed by atoms with van der Waals surface area (Å²) in [4.78, 5) is -0.0715. The van der Waals surface area contributed by atoms with Crippen LogP contribution in [0.5, 0.6) is 11.5 Å². The maximum atomic E-state index is 13.0. The van der Waals surface area contributed by atoms with Gasteiger partial charge in [0.1, 0.15) is 18.1 Å². The molecule has 134 valence electrons. The highest BCUT2D eigenvalue weighted by Crippen LogP contribution is 2.34. The van der Waals surface area contributed by atoms with Gasteiger partial charge in [-0.25, -0.2) is 8.42 Å². The summed E-state index contributed by atoms with van der Waals surface area (Å²) >= 11 is 12.2. The molecule has 0 aromatic heterocycles. The molecule has 0 radical (unpaired) electrons. The molecule has 5 nitrogen and oxygen atoms in total. The first-order valence-electron chi connectivity index (χ1n) is 7.76. The van der Waals surface area contributed by atoms with Crippen LogP contribution in [0.2, 0.25) is 10.0 Å². The molecule has 1 aliphatic rings. The van der Waals surface area contributed by atoms with Crippen LogP contribution < -0.4 is 9.47 Å². The molecule has 25 heavy (non-hydrogen) atoms. The predicted molar refractivity (Wildman–Crippen MR) is 97.2 cm³/mol. The normalized spacial score (nSPS) is 13.9. The highest BCUT2D eigenvalue weighted by atomic mass is 35.5. The molecule has 3 rings (SSSR count). The van der Waals surface area contributed by atoms with E-state index < -0.39 is 10.0 Å². The van der Waals surface area contributed by atoms with Gasteiger partial charge in [0.2, 0.25) is 10.0 Å². The largest absolute Gasteiger partial charge is 0.486 e. The molecule has 0 saturated heterocycles. The molecule has 1 aliphatic heterocycles. The van der Waals surface area contributed by atoms with E-state index >= 15 is 0 Å². The molecular formula is C17H17Cl2NO4S. The Morgan fingerprint density at radius 2 is 1.68 bits per heavy atom. The van der Waals surface area contributed by atoms with Gasteiger partial charge in [-0.3, -0.25) is 0 Å². The Bertz CT molecular complexity index is 866. The highest BCUT2D eigenvalue weighted by Gasteiger charge is 2.28. The van der Waals surface area contributed by atoms with E-state index in [-0.39, 0.29) is 28.0 Å². The average molecular weight is 402 g/mol. The average Bonchev–Trinajstić information content (AvgIpc) is 2.59. The number of benzene rings is 2. The van der Waals surface area contributed by atoms with Gasteiger partial charge in [-0.15, -0.1) is 0 Å². The van der Waals surface area contributed by atoms with Crippen molar-refractivity contribution in [2.45, 2.75) is 18.4 Å². The first-order chi connectivity index (χ1) is 11.9. The molecule has 2 aromatic rings. The number of hydrogen-bond donors (Lipinski definition) is 0. The van der Waals surface area contributed by atoms with E-state index in [1.165, 1.54) is 16.4 Å². The van der Waals surface area contributed by atoms with Crippen molar-refractivity contribution in [3.63, 3.8) is 0 Å². The number of hydrogen-bond acceptors (Lipinski definition) is 4. The van der Waals surface area contributed by atoms with Gasteiger partial charge in [0, 0.05) is 13.1 Å². The van der Waals surface area contributed by atoms with Gasteiger partial charge in [-0.05, 0) is 29.8 Å². The number of sulfonamides is 1. The third-order valence-corrected chi connectivity index (χ3v) is 6.71. The lowest BCUT2D eigenvalue weighted by Gasteiger charge is -2.23. The summed E-state index contributed by atoms with van der Waals surface area (Å²) in [6.45, 7) is 3.20. The third kappa shape index (κ3) is 3.72. The lowest BCUT2D eigenvalue weighted by atomic mass is 10.2. The molecule has 0 amide bonds. The van der Waals surface area contributed by atoms with Gasteiger partial charge in [-0.1, -0.05) is 42.3 Å². The molecule has 0 aliphatic carbocycles. The Hall–Kier alpha value is -1.47. The standard InChI is InChI=1S/C17H17Cl2NO4S/c1-2-20(25(21,22)17-13(18)4-3-5-14(17)19)11-12-6-7-15-16(10-12)24-9-8-23-15/h3-7,10H,2,8-9,11H2,1H3. The van der Waals surface area contributed by atoms with E-state index in [0.29, 0.717) is 24.7 Å². The summed E-state index contributed by atoms with van der Waals surface area (Å²) in [6, 6.07) is 10.0. The minimum absolute atomic E-state index is 0.0715. The highest BCUT2D eigenvalue weighted by molar-refractivity contribution is 7.89. The van der Waals surface area contributed by atoms with Crippen LogP contribution in [0.15, 0.2) is 41.3 Å². The van der Waals surface area contributed by atoms with E-state index in [0.717, 1.165) is 5.56 Å². The summed E-state index contributed by atoms with van der Waals surface area (Å²) in [5.74, 6) is 1.28. The van der Waals surface area contributed by atoms with Gasteiger partial charge < -0.3 is 9.47 Å². The van der Waals surface area contributed by atoms with Crippen molar-refractivity contribution in [1.82, 2.24) is 4.31 Å². The number of fused-ring (bicyclic) bond motifs is 1. The molecule has 0 spiro atoms. The minimum Gasteiger partial charge on any atom is -0.486 e. The Morgan fingerprint density at radius 1 is 1.04 bits per heavy atom. The fourth-order valence-electron chi connectivity index (χ4n) is 2.61. The quantitative estimate of drug-likeness (QED) is 0.760. The van der Waals surface area contributed by atoms with Crippen LogP contribution in [-0.2, 0) is 16.6 Å². The molecule has 0 unspecified atom stereocenters. The van der Waals surface area contributed by atoms with Crippen LogP contribution >= 0.6 is 23.2 Å². The fraction of sp³-hybridized carbons (Fsp3) is 0.294. The van der Waals surface area contributed by atoms with Gasteiger partial charge in [0.25, 0.3) is 0 Å². The Morgan fingerprint density at radius 3 is 2.32 bits per heavy atom. The van der Waals surface area contributed by atoms with Crippen molar-refractivity contribution in [3.8, 4) is 11.5 Å². The maximum Gasteiger partial charge on any atom is 0.246 e. The molecule has 0 atom stereocenters. The van der Waals surface area contributed by atoms with Crippen LogP contribution in [0, 0.1) is 0 Å². The number of nitrogens with zero attached hydrogens (tertiary/aromatic N) is 1. The molecule has 0 bridgehead atoms. The van der Waals surface area contributed by atoms with E-state index in [1.807, 2.05) is 6.07 Å². The van der Waals surface area contributed by atoms with E-state index in [9.17, 15) is 8.42 Å². The molecule has 2 aromatic carbocycles. The molecule has 1 heterocycles. The summed E-state index contributed by atoms with van der Waals surface area (Å²) in [5, 5.41) is 0.209. The minimum atomic E-state index is -3.83. The van der Waals surface area contributed by atoms with Crippen LogP contribution in [0.3, 0.4) is 0 Å². The second-order valence-electron chi connectivity index (χ2n) is 5.46. The van der Waals surface area contributed by atoms with Gasteiger partial charge in [0.15, 0.2) is 11.5 Å². The van der Waals surface area contributed by atoms with Gasteiger partial charge in [-0.2, -0.15) is 4.31 Å². The smallest absolute Gasteiger partial charge is 0.246 e.